The number of carbonyl (C=O) groups excluding carboxylic acids is 1. The van der Waals surface area contributed by atoms with Crippen molar-refractivity contribution in [2.75, 3.05) is 18.9 Å². The number of carbonyl (C=O) groups is 1. The van der Waals surface area contributed by atoms with E-state index >= 15 is 0 Å². The lowest BCUT2D eigenvalue weighted by Gasteiger charge is -2.23. The van der Waals surface area contributed by atoms with Crippen LogP contribution in [0, 0.1) is 11.3 Å². The quantitative estimate of drug-likeness (QED) is 0.777. The van der Waals surface area contributed by atoms with Gasteiger partial charge >= 0.3 is 0 Å². The summed E-state index contributed by atoms with van der Waals surface area (Å²) >= 11 is 0. The monoisotopic (exact) mass is 273 g/mol. The molecular formula is C16H23N3O. The van der Waals surface area contributed by atoms with Crippen LogP contribution in [0.25, 0.3) is 0 Å². The number of benzene rings is 1. The second-order valence-electron chi connectivity index (χ2n) is 5.01. The number of rotatable bonds is 7. The fraction of sp³-hybridized carbons (Fsp3) is 0.500. The molecule has 1 aromatic carbocycles. The molecular weight excluding hydrogens is 250 g/mol. The fourth-order valence-corrected chi connectivity index (χ4v) is 1.93. The molecule has 0 bridgehead atoms. The maximum Gasteiger partial charge on any atom is 0.241 e. The van der Waals surface area contributed by atoms with E-state index in [0.717, 1.165) is 13.0 Å². The summed E-state index contributed by atoms with van der Waals surface area (Å²) < 4.78 is 0. The summed E-state index contributed by atoms with van der Waals surface area (Å²) in [6, 6.07) is 8.92. The Morgan fingerprint density at radius 1 is 1.40 bits per heavy atom. The number of unbranched alkanes of at least 4 members (excludes halogenated alkanes) is 2. The smallest absolute Gasteiger partial charge is 0.241 e. The van der Waals surface area contributed by atoms with E-state index < -0.39 is 0 Å². The molecule has 0 aliphatic rings. The number of likely N-dealkylation sites (N-methyl/N-ethyl adjacent to an activating group) is 1. The minimum atomic E-state index is -0.210. The highest BCUT2D eigenvalue weighted by Crippen LogP contribution is 2.14. The number of nitrogens with one attached hydrogen (secondary N) is 1. The fourth-order valence-electron chi connectivity index (χ4n) is 1.93. The highest BCUT2D eigenvalue weighted by Gasteiger charge is 2.18. The predicted molar refractivity (Wildman–Crippen MR) is 81.4 cm³/mol. The summed E-state index contributed by atoms with van der Waals surface area (Å²) in [6.07, 6.45) is 3.44. The zero-order valence-corrected chi connectivity index (χ0v) is 12.5. The first-order chi connectivity index (χ1) is 9.60. The van der Waals surface area contributed by atoms with Crippen LogP contribution in [0.1, 0.15) is 38.7 Å². The van der Waals surface area contributed by atoms with Gasteiger partial charge in [-0.2, -0.15) is 5.26 Å². The second-order valence-corrected chi connectivity index (χ2v) is 5.01. The summed E-state index contributed by atoms with van der Waals surface area (Å²) in [5.41, 5.74) is 1.07. The minimum absolute atomic E-state index is 0.0771. The van der Waals surface area contributed by atoms with Crippen LogP contribution in [-0.4, -0.2) is 30.4 Å². The average molecular weight is 273 g/mol. The molecule has 108 valence electrons. The van der Waals surface area contributed by atoms with Crippen LogP contribution >= 0.6 is 0 Å². The van der Waals surface area contributed by atoms with Crippen LogP contribution in [0.4, 0.5) is 5.69 Å². The number of hydrogen-bond donors (Lipinski definition) is 1. The first kappa shape index (κ1) is 16.2. The molecule has 0 radical (unpaired) electrons. The predicted octanol–water partition coefficient (Wildman–Crippen LogP) is 3.01. The Hall–Kier alpha value is -1.86. The topological polar surface area (TPSA) is 56.1 Å². The molecule has 4 heteroatoms. The highest BCUT2D eigenvalue weighted by atomic mass is 16.2. The molecule has 20 heavy (non-hydrogen) atoms. The van der Waals surface area contributed by atoms with Gasteiger partial charge in [-0.3, -0.25) is 9.69 Å². The minimum Gasteiger partial charge on any atom is -0.324 e. The normalized spacial score (nSPS) is 11.9. The second kappa shape index (κ2) is 8.34. The van der Waals surface area contributed by atoms with Crippen molar-refractivity contribution in [3.8, 4) is 6.07 Å². The molecule has 1 N–H and O–H groups in total. The van der Waals surface area contributed by atoms with Gasteiger partial charge in [-0.15, -0.1) is 0 Å². The first-order valence-corrected chi connectivity index (χ1v) is 7.10. The molecule has 4 nitrogen and oxygen atoms in total. The third-order valence-corrected chi connectivity index (χ3v) is 3.46. The van der Waals surface area contributed by atoms with Gasteiger partial charge in [0.1, 0.15) is 6.07 Å². The van der Waals surface area contributed by atoms with Gasteiger partial charge in [-0.1, -0.05) is 31.9 Å². The van der Waals surface area contributed by atoms with Crippen molar-refractivity contribution >= 4 is 11.6 Å². The standard InChI is InChI=1S/C16H23N3O/c1-4-5-8-11-19(3)13(2)16(20)18-15-10-7-6-9-14(15)12-17/h6-7,9-10,13H,4-5,8,11H2,1-3H3,(H,18,20). The molecule has 0 saturated heterocycles. The van der Waals surface area contributed by atoms with Gasteiger partial charge in [0.2, 0.25) is 5.91 Å². The van der Waals surface area contributed by atoms with E-state index in [1.54, 1.807) is 18.2 Å². The van der Waals surface area contributed by atoms with E-state index in [1.807, 2.05) is 24.9 Å². The van der Waals surface area contributed by atoms with E-state index in [4.69, 9.17) is 5.26 Å². The zero-order chi connectivity index (χ0) is 15.0. The Morgan fingerprint density at radius 3 is 2.75 bits per heavy atom. The van der Waals surface area contributed by atoms with Gasteiger partial charge in [0, 0.05) is 0 Å². The molecule has 1 aromatic rings. The molecule has 1 rings (SSSR count). The lowest BCUT2D eigenvalue weighted by Crippen LogP contribution is -2.40. The van der Waals surface area contributed by atoms with Crippen LogP contribution in [0.15, 0.2) is 24.3 Å². The van der Waals surface area contributed by atoms with Crippen molar-refractivity contribution < 1.29 is 4.79 Å². The van der Waals surface area contributed by atoms with Crippen molar-refractivity contribution in [2.45, 2.75) is 39.2 Å². The van der Waals surface area contributed by atoms with Crippen molar-refractivity contribution in [1.29, 1.82) is 5.26 Å². The third-order valence-electron chi connectivity index (χ3n) is 3.46. The van der Waals surface area contributed by atoms with Crippen molar-refractivity contribution in [3.63, 3.8) is 0 Å². The Kier molecular flexibility index (Phi) is 6.75. The van der Waals surface area contributed by atoms with Crippen LogP contribution < -0.4 is 5.32 Å². The molecule has 0 aromatic heterocycles. The number of anilines is 1. The molecule has 0 aliphatic heterocycles. The summed E-state index contributed by atoms with van der Waals surface area (Å²) in [4.78, 5) is 14.2. The SMILES string of the molecule is CCCCCN(C)C(C)C(=O)Nc1ccccc1C#N. The van der Waals surface area contributed by atoms with Crippen molar-refractivity contribution in [1.82, 2.24) is 4.90 Å². The molecule has 0 saturated carbocycles. The van der Waals surface area contributed by atoms with Gasteiger partial charge in [0.05, 0.1) is 17.3 Å². The lowest BCUT2D eigenvalue weighted by molar-refractivity contribution is -0.120. The van der Waals surface area contributed by atoms with E-state index in [0.29, 0.717) is 11.3 Å². The molecule has 0 heterocycles. The summed E-state index contributed by atoms with van der Waals surface area (Å²) in [7, 11) is 1.95. The first-order valence-electron chi connectivity index (χ1n) is 7.10. The van der Waals surface area contributed by atoms with Crippen LogP contribution in [0.2, 0.25) is 0 Å². The Bertz CT molecular complexity index is 479. The van der Waals surface area contributed by atoms with Gasteiger partial charge in [-0.05, 0) is 39.1 Å². The third kappa shape index (κ3) is 4.67. The van der Waals surface area contributed by atoms with E-state index in [-0.39, 0.29) is 11.9 Å². The average Bonchev–Trinajstić information content (AvgIpc) is 2.47. The molecule has 0 fully saturated rings. The molecule has 1 unspecified atom stereocenters. The maximum atomic E-state index is 12.2. The van der Waals surface area contributed by atoms with Crippen LogP contribution in [0.5, 0.6) is 0 Å². The number of nitrogens with zero attached hydrogens (tertiary/aromatic N) is 2. The summed E-state index contributed by atoms with van der Waals surface area (Å²) in [5, 5.41) is 11.8. The van der Waals surface area contributed by atoms with E-state index in [2.05, 4.69) is 18.3 Å². The van der Waals surface area contributed by atoms with Crippen LogP contribution in [-0.2, 0) is 4.79 Å². The zero-order valence-electron chi connectivity index (χ0n) is 12.5. The van der Waals surface area contributed by atoms with Gasteiger partial charge in [0.15, 0.2) is 0 Å². The number of amides is 1. The Morgan fingerprint density at radius 2 is 2.10 bits per heavy atom. The van der Waals surface area contributed by atoms with Gasteiger partial charge < -0.3 is 5.32 Å². The number of nitriles is 1. The van der Waals surface area contributed by atoms with Crippen molar-refractivity contribution in [3.05, 3.63) is 29.8 Å². The Labute approximate surface area is 121 Å². The molecule has 0 aliphatic carbocycles. The van der Waals surface area contributed by atoms with Gasteiger partial charge in [-0.25, -0.2) is 0 Å². The Balaban J connectivity index is 2.59. The van der Waals surface area contributed by atoms with E-state index in [9.17, 15) is 4.79 Å². The largest absolute Gasteiger partial charge is 0.324 e. The van der Waals surface area contributed by atoms with Crippen LogP contribution in [0.3, 0.4) is 0 Å². The lowest BCUT2D eigenvalue weighted by atomic mass is 10.1. The number of para-hydroxylation sites is 1. The highest BCUT2D eigenvalue weighted by molar-refractivity contribution is 5.95. The van der Waals surface area contributed by atoms with E-state index in [1.165, 1.54) is 12.8 Å². The molecule has 0 spiro atoms. The summed E-state index contributed by atoms with van der Waals surface area (Å²) in [6.45, 7) is 4.95. The summed E-state index contributed by atoms with van der Waals surface area (Å²) in [5.74, 6) is -0.0771. The number of hydrogen-bond acceptors (Lipinski definition) is 3. The maximum absolute atomic E-state index is 12.2. The molecule has 1 atom stereocenters. The molecule has 1 amide bonds. The van der Waals surface area contributed by atoms with Gasteiger partial charge in [0.25, 0.3) is 0 Å². The van der Waals surface area contributed by atoms with Crippen molar-refractivity contribution in [2.24, 2.45) is 0 Å².